The number of nitrogens with zero attached hydrogens (tertiary/aromatic N) is 1. The minimum Gasteiger partial charge on any atom is -0.497 e. The first kappa shape index (κ1) is 12.1. The summed E-state index contributed by atoms with van der Waals surface area (Å²) in [5.74, 6) is 1.42. The Labute approximate surface area is 106 Å². The van der Waals surface area contributed by atoms with Gasteiger partial charge in [-0.3, -0.25) is 4.79 Å². The summed E-state index contributed by atoms with van der Waals surface area (Å²) in [7, 11) is 3.18. The zero-order chi connectivity index (χ0) is 12.4. The molecular weight excluding hydrogens is 238 g/mol. The Hall–Kier alpha value is -1.36. The number of thiol groups is 1. The molecule has 1 heterocycles. The molecule has 5 heteroatoms. The number of hydrogen-bond donors (Lipinski definition) is 1. The molecule has 0 radical (unpaired) electrons. The van der Waals surface area contributed by atoms with Crippen LogP contribution in [-0.2, 0) is 4.79 Å². The highest BCUT2D eigenvalue weighted by Gasteiger charge is 2.30. The molecule has 1 aromatic carbocycles. The van der Waals surface area contributed by atoms with Crippen LogP contribution in [0.2, 0.25) is 0 Å². The van der Waals surface area contributed by atoms with Crippen LogP contribution < -0.4 is 14.4 Å². The van der Waals surface area contributed by atoms with Gasteiger partial charge in [0, 0.05) is 24.3 Å². The van der Waals surface area contributed by atoms with Crippen molar-refractivity contribution in [2.45, 2.75) is 11.7 Å². The second-order valence-corrected chi connectivity index (χ2v) is 4.63. The maximum Gasteiger partial charge on any atom is 0.228 e. The summed E-state index contributed by atoms with van der Waals surface area (Å²) in [6.07, 6.45) is 0.471. The molecule has 1 atom stereocenters. The molecule has 4 nitrogen and oxygen atoms in total. The molecule has 1 unspecified atom stereocenters. The summed E-state index contributed by atoms with van der Waals surface area (Å²) >= 11 is 4.34. The largest absolute Gasteiger partial charge is 0.497 e. The van der Waals surface area contributed by atoms with Crippen LogP contribution in [0.1, 0.15) is 6.42 Å². The van der Waals surface area contributed by atoms with Crippen LogP contribution in [-0.4, -0.2) is 31.9 Å². The van der Waals surface area contributed by atoms with E-state index in [9.17, 15) is 4.79 Å². The van der Waals surface area contributed by atoms with Gasteiger partial charge in [-0.25, -0.2) is 0 Å². The monoisotopic (exact) mass is 253 g/mol. The first-order valence-corrected chi connectivity index (χ1v) is 5.87. The second kappa shape index (κ2) is 4.87. The van der Waals surface area contributed by atoms with E-state index in [4.69, 9.17) is 9.47 Å². The molecule has 0 spiro atoms. The number of ether oxygens (including phenoxy) is 2. The van der Waals surface area contributed by atoms with Crippen LogP contribution in [0.5, 0.6) is 11.5 Å². The van der Waals surface area contributed by atoms with E-state index in [1.165, 1.54) is 0 Å². The maximum atomic E-state index is 11.8. The van der Waals surface area contributed by atoms with Gasteiger partial charge in [0.1, 0.15) is 11.5 Å². The molecular formula is C12H15NO3S. The fraction of sp³-hybridized carbons (Fsp3) is 0.417. The van der Waals surface area contributed by atoms with E-state index in [1.54, 1.807) is 25.2 Å². The zero-order valence-corrected chi connectivity index (χ0v) is 10.7. The highest BCUT2D eigenvalue weighted by atomic mass is 32.1. The third kappa shape index (κ3) is 2.34. The second-order valence-electron chi connectivity index (χ2n) is 3.90. The standard InChI is InChI=1S/C12H15NO3S/c1-15-8-3-4-10(11(5-8)16-2)13-7-9(17)6-12(13)14/h3-5,9,17H,6-7H2,1-2H3. The molecule has 1 aromatic rings. The van der Waals surface area contributed by atoms with E-state index < -0.39 is 0 Å². The van der Waals surface area contributed by atoms with Crippen molar-refractivity contribution in [3.63, 3.8) is 0 Å². The zero-order valence-electron chi connectivity index (χ0n) is 9.84. The van der Waals surface area contributed by atoms with Crippen LogP contribution in [0.3, 0.4) is 0 Å². The molecule has 17 heavy (non-hydrogen) atoms. The van der Waals surface area contributed by atoms with Crippen molar-refractivity contribution in [1.29, 1.82) is 0 Å². The lowest BCUT2D eigenvalue weighted by atomic mass is 10.2. The molecule has 1 aliphatic rings. The first-order valence-electron chi connectivity index (χ1n) is 5.36. The highest BCUT2D eigenvalue weighted by Crippen LogP contribution is 2.35. The normalized spacial score (nSPS) is 19.6. The van der Waals surface area contributed by atoms with Crippen LogP contribution in [0, 0.1) is 0 Å². The molecule has 0 saturated carbocycles. The Balaban J connectivity index is 2.35. The molecule has 0 aromatic heterocycles. The Morgan fingerprint density at radius 1 is 1.35 bits per heavy atom. The summed E-state index contributed by atoms with van der Waals surface area (Å²) in [5, 5.41) is 0.0920. The van der Waals surface area contributed by atoms with E-state index in [2.05, 4.69) is 12.6 Å². The topological polar surface area (TPSA) is 38.8 Å². The van der Waals surface area contributed by atoms with Gasteiger partial charge >= 0.3 is 0 Å². The summed E-state index contributed by atoms with van der Waals surface area (Å²) in [5.41, 5.74) is 0.773. The van der Waals surface area contributed by atoms with Crippen LogP contribution in [0.25, 0.3) is 0 Å². The van der Waals surface area contributed by atoms with Gasteiger partial charge in [0.25, 0.3) is 0 Å². The van der Waals surface area contributed by atoms with E-state index in [0.29, 0.717) is 24.5 Å². The number of methoxy groups -OCH3 is 2. The van der Waals surface area contributed by atoms with Gasteiger partial charge in [0.05, 0.1) is 19.9 Å². The Morgan fingerprint density at radius 3 is 2.65 bits per heavy atom. The summed E-state index contributed by atoms with van der Waals surface area (Å²) in [4.78, 5) is 13.5. The highest BCUT2D eigenvalue weighted by molar-refractivity contribution is 7.81. The molecule has 1 amide bonds. The summed E-state index contributed by atoms with van der Waals surface area (Å²) < 4.78 is 10.4. The van der Waals surface area contributed by atoms with E-state index in [-0.39, 0.29) is 11.2 Å². The van der Waals surface area contributed by atoms with Crippen molar-refractivity contribution >= 4 is 24.2 Å². The van der Waals surface area contributed by atoms with E-state index in [0.717, 1.165) is 5.69 Å². The van der Waals surface area contributed by atoms with Gasteiger partial charge in [-0.2, -0.15) is 12.6 Å². The minimum absolute atomic E-state index is 0.0773. The van der Waals surface area contributed by atoms with Gasteiger partial charge in [0.15, 0.2) is 0 Å². The lowest BCUT2D eigenvalue weighted by Crippen LogP contribution is -2.25. The minimum atomic E-state index is 0.0773. The molecule has 1 aliphatic heterocycles. The van der Waals surface area contributed by atoms with Crippen molar-refractivity contribution in [3.05, 3.63) is 18.2 Å². The number of rotatable bonds is 3. The number of carbonyl (C=O) groups is 1. The van der Waals surface area contributed by atoms with Crippen LogP contribution >= 0.6 is 12.6 Å². The Bertz CT molecular complexity index is 436. The predicted molar refractivity (Wildman–Crippen MR) is 69.3 cm³/mol. The predicted octanol–water partition coefficient (Wildman–Crippen LogP) is 1.74. The van der Waals surface area contributed by atoms with Crippen molar-refractivity contribution < 1.29 is 14.3 Å². The molecule has 92 valence electrons. The molecule has 0 N–H and O–H groups in total. The van der Waals surface area contributed by atoms with Crippen molar-refractivity contribution in [2.75, 3.05) is 25.7 Å². The molecule has 0 bridgehead atoms. The molecule has 1 saturated heterocycles. The summed E-state index contributed by atoms with van der Waals surface area (Å²) in [6.45, 7) is 0.616. The molecule has 2 rings (SSSR count). The van der Waals surface area contributed by atoms with Gasteiger partial charge in [-0.1, -0.05) is 0 Å². The Morgan fingerprint density at radius 2 is 2.12 bits per heavy atom. The molecule has 0 aliphatic carbocycles. The van der Waals surface area contributed by atoms with Gasteiger partial charge in [-0.15, -0.1) is 0 Å². The quantitative estimate of drug-likeness (QED) is 0.834. The number of amides is 1. The van der Waals surface area contributed by atoms with Gasteiger partial charge < -0.3 is 14.4 Å². The van der Waals surface area contributed by atoms with Gasteiger partial charge in [-0.05, 0) is 12.1 Å². The summed E-state index contributed by atoms with van der Waals surface area (Å²) in [6, 6.07) is 5.42. The third-order valence-electron chi connectivity index (χ3n) is 2.78. The molecule has 1 fully saturated rings. The maximum absolute atomic E-state index is 11.8. The average Bonchev–Trinajstić information content (AvgIpc) is 2.67. The van der Waals surface area contributed by atoms with Crippen LogP contribution in [0.4, 0.5) is 5.69 Å². The number of anilines is 1. The van der Waals surface area contributed by atoms with Crippen molar-refractivity contribution in [3.8, 4) is 11.5 Å². The fourth-order valence-corrected chi connectivity index (χ4v) is 2.25. The van der Waals surface area contributed by atoms with Crippen LogP contribution in [0.15, 0.2) is 18.2 Å². The number of benzene rings is 1. The smallest absolute Gasteiger partial charge is 0.228 e. The first-order chi connectivity index (χ1) is 8.15. The number of hydrogen-bond acceptors (Lipinski definition) is 4. The number of carbonyl (C=O) groups excluding carboxylic acids is 1. The third-order valence-corrected chi connectivity index (χ3v) is 3.13. The van der Waals surface area contributed by atoms with E-state index >= 15 is 0 Å². The average molecular weight is 253 g/mol. The van der Waals surface area contributed by atoms with Crippen molar-refractivity contribution in [1.82, 2.24) is 0 Å². The Kier molecular flexibility index (Phi) is 3.47. The van der Waals surface area contributed by atoms with E-state index in [1.807, 2.05) is 12.1 Å². The lowest BCUT2D eigenvalue weighted by molar-refractivity contribution is -0.117. The SMILES string of the molecule is COc1ccc(N2CC(S)CC2=O)c(OC)c1. The van der Waals surface area contributed by atoms with Crippen molar-refractivity contribution in [2.24, 2.45) is 0 Å². The fourth-order valence-electron chi connectivity index (χ4n) is 1.93. The lowest BCUT2D eigenvalue weighted by Gasteiger charge is -2.19. The van der Waals surface area contributed by atoms with Gasteiger partial charge in [0.2, 0.25) is 5.91 Å².